The largest absolute Gasteiger partial charge is 0.494 e. The number of unbranched alkanes of at least 4 members (excludes halogenated alkanes) is 1. The third-order valence-corrected chi connectivity index (χ3v) is 4.52. The van der Waals surface area contributed by atoms with Gasteiger partial charge in [-0.2, -0.15) is 5.10 Å². The van der Waals surface area contributed by atoms with Crippen molar-refractivity contribution in [2.75, 3.05) is 17.7 Å². The monoisotopic (exact) mass is 410 g/mol. The fourth-order valence-electron chi connectivity index (χ4n) is 2.99. The molecule has 3 aromatic rings. The molecule has 3 N–H and O–H groups in total. The smallest absolute Gasteiger partial charge is 0.290 e. The third-order valence-electron chi connectivity index (χ3n) is 4.52. The van der Waals surface area contributed by atoms with E-state index in [9.17, 15) is 9.59 Å². The van der Waals surface area contributed by atoms with Crippen LogP contribution in [0, 0.1) is 13.8 Å². The normalized spacial score (nSPS) is 10.8. The number of ether oxygens (including phenoxy) is 1. The fraction of sp³-hybridized carbons (Fsp3) is 0.318. The second-order valence-corrected chi connectivity index (χ2v) is 7.05. The van der Waals surface area contributed by atoms with Crippen molar-refractivity contribution >= 4 is 17.3 Å². The summed E-state index contributed by atoms with van der Waals surface area (Å²) in [6.45, 7) is 6.12. The molecule has 8 nitrogen and oxygen atoms in total. The number of amides is 1. The number of aromatic nitrogens is 2. The summed E-state index contributed by atoms with van der Waals surface area (Å²) >= 11 is 0. The number of nitrogens with one attached hydrogen (secondary N) is 1. The predicted octanol–water partition coefficient (Wildman–Crippen LogP) is 3.52. The molecule has 0 bridgehead atoms. The zero-order valence-electron chi connectivity index (χ0n) is 17.4. The average Bonchev–Trinajstić information content (AvgIpc) is 3.05. The molecule has 0 atom stereocenters. The minimum absolute atomic E-state index is 0.0135. The first kappa shape index (κ1) is 21.2. The molecule has 1 amide bonds. The van der Waals surface area contributed by atoms with Crippen LogP contribution in [0.15, 0.2) is 45.6 Å². The summed E-state index contributed by atoms with van der Waals surface area (Å²) in [6.07, 6.45) is 2.05. The lowest BCUT2D eigenvalue weighted by molar-refractivity contribution is -0.117. The van der Waals surface area contributed by atoms with Gasteiger partial charge in [-0.25, -0.2) is 4.68 Å². The molecule has 0 spiro atoms. The van der Waals surface area contributed by atoms with Gasteiger partial charge in [-0.1, -0.05) is 13.3 Å². The van der Waals surface area contributed by atoms with Crippen molar-refractivity contribution in [3.63, 3.8) is 0 Å². The molecule has 3 rings (SSSR count). The SMILES string of the molecule is CCCCOc1ccc(NC(=O)Cn2nc(-c3cc(C)oc3C)cc(N)c2=O)cc1. The zero-order valence-corrected chi connectivity index (χ0v) is 17.4. The van der Waals surface area contributed by atoms with Crippen LogP contribution < -0.4 is 21.3 Å². The number of carbonyl (C=O) groups is 1. The first-order valence-electron chi connectivity index (χ1n) is 9.85. The molecule has 2 heterocycles. The van der Waals surface area contributed by atoms with Crippen molar-refractivity contribution in [3.05, 3.63) is 58.3 Å². The fourth-order valence-corrected chi connectivity index (χ4v) is 2.99. The number of aryl methyl sites for hydroxylation is 2. The number of nitrogens with two attached hydrogens (primary N) is 1. The molecule has 8 heteroatoms. The highest BCUT2D eigenvalue weighted by Gasteiger charge is 2.15. The Hall–Kier alpha value is -3.55. The molecule has 0 aliphatic rings. The van der Waals surface area contributed by atoms with Crippen LogP contribution >= 0.6 is 0 Å². The first-order valence-corrected chi connectivity index (χ1v) is 9.85. The number of rotatable bonds is 8. The van der Waals surface area contributed by atoms with Gasteiger partial charge in [-0.3, -0.25) is 9.59 Å². The molecule has 30 heavy (non-hydrogen) atoms. The summed E-state index contributed by atoms with van der Waals surface area (Å²) in [5.74, 6) is 1.74. The quantitative estimate of drug-likeness (QED) is 0.550. The van der Waals surface area contributed by atoms with E-state index in [-0.39, 0.29) is 18.1 Å². The molecular formula is C22H26N4O4. The van der Waals surface area contributed by atoms with Crippen molar-refractivity contribution < 1.29 is 13.9 Å². The van der Waals surface area contributed by atoms with Crippen LogP contribution in [0.4, 0.5) is 11.4 Å². The number of benzene rings is 1. The number of hydrogen-bond donors (Lipinski definition) is 2. The second kappa shape index (κ2) is 9.30. The number of anilines is 2. The molecule has 0 fully saturated rings. The Kier molecular flexibility index (Phi) is 6.56. The van der Waals surface area contributed by atoms with Gasteiger partial charge in [0, 0.05) is 11.3 Å². The van der Waals surface area contributed by atoms with Crippen molar-refractivity contribution in [2.24, 2.45) is 0 Å². The zero-order chi connectivity index (χ0) is 21.7. The van der Waals surface area contributed by atoms with Gasteiger partial charge >= 0.3 is 0 Å². The summed E-state index contributed by atoms with van der Waals surface area (Å²) in [6, 6.07) is 10.4. The van der Waals surface area contributed by atoms with E-state index in [1.54, 1.807) is 31.2 Å². The summed E-state index contributed by atoms with van der Waals surface area (Å²) in [7, 11) is 0. The molecule has 0 unspecified atom stereocenters. The van der Waals surface area contributed by atoms with E-state index >= 15 is 0 Å². The van der Waals surface area contributed by atoms with E-state index in [1.807, 2.05) is 13.0 Å². The topological polar surface area (TPSA) is 112 Å². The molecular weight excluding hydrogens is 384 g/mol. The van der Waals surface area contributed by atoms with Gasteiger partial charge in [0.05, 0.1) is 12.3 Å². The third kappa shape index (κ3) is 5.08. The minimum Gasteiger partial charge on any atom is -0.494 e. The predicted molar refractivity (Wildman–Crippen MR) is 116 cm³/mol. The van der Waals surface area contributed by atoms with Gasteiger partial charge in [0.2, 0.25) is 5.91 Å². The van der Waals surface area contributed by atoms with E-state index in [0.29, 0.717) is 23.7 Å². The highest BCUT2D eigenvalue weighted by Crippen LogP contribution is 2.25. The molecule has 2 aromatic heterocycles. The van der Waals surface area contributed by atoms with Crippen LogP contribution in [-0.2, 0) is 11.3 Å². The Balaban J connectivity index is 1.72. The number of hydrogen-bond acceptors (Lipinski definition) is 6. The van der Waals surface area contributed by atoms with E-state index in [4.69, 9.17) is 14.9 Å². The van der Waals surface area contributed by atoms with Crippen LogP contribution in [0.3, 0.4) is 0 Å². The van der Waals surface area contributed by atoms with Crippen LogP contribution in [0.5, 0.6) is 5.75 Å². The Morgan fingerprint density at radius 1 is 1.23 bits per heavy atom. The molecule has 0 radical (unpaired) electrons. The van der Waals surface area contributed by atoms with Gasteiger partial charge in [0.1, 0.15) is 29.5 Å². The molecule has 0 aliphatic carbocycles. The van der Waals surface area contributed by atoms with Gasteiger partial charge in [0.15, 0.2) is 0 Å². The first-order chi connectivity index (χ1) is 14.4. The van der Waals surface area contributed by atoms with E-state index in [2.05, 4.69) is 17.3 Å². The number of carbonyl (C=O) groups excluding carboxylic acids is 1. The lowest BCUT2D eigenvalue weighted by atomic mass is 10.1. The van der Waals surface area contributed by atoms with E-state index < -0.39 is 5.56 Å². The molecule has 0 aliphatic heterocycles. The molecule has 1 aromatic carbocycles. The standard InChI is InChI=1S/C22H26N4O4/c1-4-5-10-29-17-8-6-16(7-9-17)24-21(27)13-26-22(28)19(23)12-20(25-26)18-11-14(2)30-15(18)3/h6-9,11-12H,4-5,10,13,23H2,1-3H3,(H,24,27). The van der Waals surface area contributed by atoms with Crippen LogP contribution in [0.25, 0.3) is 11.3 Å². The Morgan fingerprint density at radius 2 is 1.97 bits per heavy atom. The molecule has 0 saturated carbocycles. The van der Waals surface area contributed by atoms with Crippen LogP contribution in [0.2, 0.25) is 0 Å². The maximum Gasteiger partial charge on any atom is 0.290 e. The minimum atomic E-state index is -0.522. The van der Waals surface area contributed by atoms with Crippen molar-refractivity contribution in [1.29, 1.82) is 0 Å². The van der Waals surface area contributed by atoms with Crippen molar-refractivity contribution in [3.8, 4) is 17.0 Å². The highest BCUT2D eigenvalue weighted by atomic mass is 16.5. The summed E-state index contributed by atoms with van der Waals surface area (Å²) in [5.41, 5.74) is 7.15. The summed E-state index contributed by atoms with van der Waals surface area (Å²) in [5, 5.41) is 7.05. The Morgan fingerprint density at radius 3 is 2.60 bits per heavy atom. The van der Waals surface area contributed by atoms with Gasteiger partial charge in [0.25, 0.3) is 5.56 Å². The Bertz CT molecular complexity index is 1080. The van der Waals surface area contributed by atoms with E-state index in [0.717, 1.165) is 34.6 Å². The number of nitrogen functional groups attached to an aromatic ring is 1. The molecule has 158 valence electrons. The van der Waals surface area contributed by atoms with E-state index in [1.165, 1.54) is 6.07 Å². The molecule has 0 saturated heterocycles. The lowest BCUT2D eigenvalue weighted by Gasteiger charge is -2.10. The maximum atomic E-state index is 12.5. The summed E-state index contributed by atoms with van der Waals surface area (Å²) in [4.78, 5) is 24.8. The maximum absolute atomic E-state index is 12.5. The van der Waals surface area contributed by atoms with Crippen LogP contribution in [0.1, 0.15) is 31.3 Å². The van der Waals surface area contributed by atoms with Crippen LogP contribution in [-0.4, -0.2) is 22.3 Å². The lowest BCUT2D eigenvalue weighted by Crippen LogP contribution is -2.31. The summed E-state index contributed by atoms with van der Waals surface area (Å²) < 4.78 is 12.2. The second-order valence-electron chi connectivity index (χ2n) is 7.05. The van der Waals surface area contributed by atoms with Crippen molar-refractivity contribution in [2.45, 2.75) is 40.2 Å². The van der Waals surface area contributed by atoms with Gasteiger partial charge in [-0.05, 0) is 56.7 Å². The van der Waals surface area contributed by atoms with Gasteiger partial charge < -0.3 is 20.2 Å². The van der Waals surface area contributed by atoms with Gasteiger partial charge in [-0.15, -0.1) is 0 Å². The Labute approximate surface area is 174 Å². The number of nitrogens with zero attached hydrogens (tertiary/aromatic N) is 2. The number of furan rings is 1. The van der Waals surface area contributed by atoms with Crippen molar-refractivity contribution in [1.82, 2.24) is 9.78 Å². The average molecular weight is 410 g/mol. The highest BCUT2D eigenvalue weighted by molar-refractivity contribution is 5.90.